The third kappa shape index (κ3) is 73.6. The zero-order chi connectivity index (χ0) is 72.7. The van der Waals surface area contributed by atoms with E-state index in [1.165, 1.54) is 199 Å². The maximum absolute atomic E-state index is 13.1. The molecule has 0 spiro atoms. The molecular weight excluding hydrogens is 1290 g/mol. The summed E-state index contributed by atoms with van der Waals surface area (Å²) in [5.41, 5.74) is 0. The van der Waals surface area contributed by atoms with Gasteiger partial charge in [0.25, 0.3) is 0 Å². The smallest absolute Gasteiger partial charge is 0.462 e. The standard InChI is InChI=1S/C80H152O17P2/c1-6-9-12-15-18-21-24-27-29-30-31-32-33-34-35-37-40-43-46-49-56-61-66-79(84)96-75(69-90-77(82)63-58-53-47-44-41-39-36-28-25-22-19-16-13-10-7-2)71-94-98(86,87)92-67-74(81)68-93-99(88,89)95-72-76(70-91-78(83)64-59-54-51-50-52-57-62-73(4)5)97-80(85)65-60-55-48-45-42-38-26-23-20-17-14-11-8-3/h22,25,28,36,73-76,81H,6-21,23-24,26-27,29-35,37-72H2,1-5H3,(H,86,87)(H,88,89)/b25-22-,36-28-/t74-,75-,76-/m1/s1. The van der Waals surface area contributed by atoms with E-state index in [2.05, 4.69) is 58.9 Å². The summed E-state index contributed by atoms with van der Waals surface area (Å²) in [4.78, 5) is 72.9. The number of esters is 4. The molecular formula is C80H152O17P2. The molecule has 0 aromatic carbocycles. The summed E-state index contributed by atoms with van der Waals surface area (Å²) in [5.74, 6) is -1.46. The normalized spacial score (nSPS) is 14.0. The first-order valence-electron chi connectivity index (χ1n) is 41.0. The van der Waals surface area contributed by atoms with Gasteiger partial charge in [0.2, 0.25) is 0 Å². The average molecular weight is 1450 g/mol. The number of ether oxygens (including phenoxy) is 4. The van der Waals surface area contributed by atoms with Gasteiger partial charge in [0, 0.05) is 25.7 Å². The number of unbranched alkanes of at least 4 members (excludes halogenated alkanes) is 47. The summed E-state index contributed by atoms with van der Waals surface area (Å²) in [6, 6.07) is 0. The second-order valence-electron chi connectivity index (χ2n) is 28.6. The van der Waals surface area contributed by atoms with E-state index in [0.29, 0.717) is 31.6 Å². The fourth-order valence-corrected chi connectivity index (χ4v) is 13.4. The van der Waals surface area contributed by atoms with Crippen LogP contribution in [0, 0.1) is 5.92 Å². The molecule has 3 N–H and O–H groups in total. The van der Waals surface area contributed by atoms with Gasteiger partial charge in [-0.25, -0.2) is 9.13 Å². The van der Waals surface area contributed by atoms with Crippen LogP contribution in [0.1, 0.15) is 401 Å². The van der Waals surface area contributed by atoms with Crippen LogP contribution >= 0.6 is 15.6 Å². The second kappa shape index (κ2) is 72.5. The number of aliphatic hydroxyl groups is 1. The van der Waals surface area contributed by atoms with E-state index in [1.54, 1.807) is 0 Å². The van der Waals surface area contributed by atoms with Gasteiger partial charge in [-0.3, -0.25) is 37.3 Å². The average Bonchev–Trinajstić information content (AvgIpc) is 1.45. The van der Waals surface area contributed by atoms with E-state index in [-0.39, 0.29) is 25.7 Å². The Labute approximate surface area is 605 Å². The Balaban J connectivity index is 5.22. The molecule has 0 radical (unpaired) electrons. The van der Waals surface area contributed by atoms with Crippen molar-refractivity contribution >= 4 is 39.5 Å². The Kier molecular flexibility index (Phi) is 70.7. The molecule has 0 aromatic heterocycles. The predicted molar refractivity (Wildman–Crippen MR) is 404 cm³/mol. The highest BCUT2D eigenvalue weighted by atomic mass is 31.2. The summed E-state index contributed by atoms with van der Waals surface area (Å²) in [5, 5.41) is 10.6. The van der Waals surface area contributed by atoms with Crippen LogP contribution in [-0.4, -0.2) is 96.7 Å². The number of carbonyl (C=O) groups excluding carboxylic acids is 4. The molecule has 0 amide bonds. The van der Waals surface area contributed by atoms with Crippen LogP contribution in [0.4, 0.5) is 0 Å². The molecule has 99 heavy (non-hydrogen) atoms. The SMILES string of the molecule is CCCCCC/C=C\C=C/CCCCCCCC(=O)OC[C@H](COP(=O)(O)OC[C@@H](O)COP(=O)(O)OC[C@@H](COC(=O)CCCCCCCCC(C)C)OC(=O)CCCCCCCCCCCCCCC)OC(=O)CCCCCCCCCCCCCCCCCCCCCCCC. The Morgan fingerprint density at radius 2 is 0.545 bits per heavy atom. The van der Waals surface area contributed by atoms with Gasteiger partial charge in [-0.1, -0.05) is 348 Å². The quantitative estimate of drug-likeness (QED) is 0.0169. The molecule has 19 heteroatoms. The molecule has 584 valence electrons. The van der Waals surface area contributed by atoms with Crippen LogP contribution in [0.2, 0.25) is 0 Å². The molecule has 5 atom stereocenters. The van der Waals surface area contributed by atoms with Crippen molar-refractivity contribution in [3.63, 3.8) is 0 Å². The zero-order valence-corrected chi connectivity index (χ0v) is 65.9. The van der Waals surface area contributed by atoms with E-state index in [0.717, 1.165) is 116 Å². The van der Waals surface area contributed by atoms with Crippen molar-refractivity contribution in [1.82, 2.24) is 0 Å². The fraction of sp³-hybridized carbons (Fsp3) is 0.900. The number of hydrogen-bond donors (Lipinski definition) is 3. The molecule has 0 aliphatic rings. The number of aliphatic hydroxyl groups excluding tert-OH is 1. The van der Waals surface area contributed by atoms with Crippen LogP contribution in [0.25, 0.3) is 0 Å². The summed E-state index contributed by atoms with van der Waals surface area (Å²) in [7, 11) is -9.93. The summed E-state index contributed by atoms with van der Waals surface area (Å²) in [6.45, 7) is 7.16. The lowest BCUT2D eigenvalue weighted by Crippen LogP contribution is -2.30. The lowest BCUT2D eigenvalue weighted by atomic mass is 10.0. The number of rotatable bonds is 78. The molecule has 17 nitrogen and oxygen atoms in total. The van der Waals surface area contributed by atoms with Crippen LogP contribution in [0.3, 0.4) is 0 Å². The van der Waals surface area contributed by atoms with Crippen molar-refractivity contribution in [2.75, 3.05) is 39.6 Å². The van der Waals surface area contributed by atoms with Crippen molar-refractivity contribution < 1.29 is 80.2 Å². The van der Waals surface area contributed by atoms with E-state index in [9.17, 15) is 43.2 Å². The Bertz CT molecular complexity index is 1990. The van der Waals surface area contributed by atoms with E-state index >= 15 is 0 Å². The molecule has 0 fully saturated rings. The fourth-order valence-electron chi connectivity index (χ4n) is 11.9. The van der Waals surface area contributed by atoms with Gasteiger partial charge in [-0.05, 0) is 57.3 Å². The topological polar surface area (TPSA) is 237 Å². The molecule has 0 aliphatic heterocycles. The highest BCUT2D eigenvalue weighted by Gasteiger charge is 2.30. The van der Waals surface area contributed by atoms with Crippen molar-refractivity contribution in [3.8, 4) is 0 Å². The minimum absolute atomic E-state index is 0.102. The van der Waals surface area contributed by atoms with Crippen LogP contribution < -0.4 is 0 Å². The molecule has 0 heterocycles. The summed E-state index contributed by atoms with van der Waals surface area (Å²) >= 11 is 0. The lowest BCUT2D eigenvalue weighted by molar-refractivity contribution is -0.161. The van der Waals surface area contributed by atoms with Crippen LogP contribution in [-0.2, 0) is 65.4 Å². The summed E-state index contributed by atoms with van der Waals surface area (Å²) < 4.78 is 68.6. The van der Waals surface area contributed by atoms with Crippen LogP contribution in [0.5, 0.6) is 0 Å². The van der Waals surface area contributed by atoms with Crippen molar-refractivity contribution in [2.24, 2.45) is 5.92 Å². The lowest BCUT2D eigenvalue weighted by Gasteiger charge is -2.21. The predicted octanol–water partition coefficient (Wildman–Crippen LogP) is 23.6. The first-order chi connectivity index (χ1) is 48.0. The van der Waals surface area contributed by atoms with E-state index < -0.39 is 97.5 Å². The molecule has 2 unspecified atom stereocenters. The third-order valence-electron chi connectivity index (χ3n) is 18.2. The number of phosphoric ester groups is 2. The van der Waals surface area contributed by atoms with E-state index in [4.69, 9.17) is 37.0 Å². The van der Waals surface area contributed by atoms with Gasteiger partial charge in [0.05, 0.1) is 26.4 Å². The van der Waals surface area contributed by atoms with Gasteiger partial charge in [-0.2, -0.15) is 0 Å². The highest BCUT2D eigenvalue weighted by Crippen LogP contribution is 2.45. The maximum Gasteiger partial charge on any atom is 0.472 e. The molecule has 0 bridgehead atoms. The van der Waals surface area contributed by atoms with Crippen molar-refractivity contribution in [2.45, 2.75) is 419 Å². The largest absolute Gasteiger partial charge is 0.472 e. The van der Waals surface area contributed by atoms with Gasteiger partial charge in [-0.15, -0.1) is 0 Å². The molecule has 0 saturated carbocycles. The minimum atomic E-state index is -4.97. The highest BCUT2D eigenvalue weighted by molar-refractivity contribution is 7.47. The monoisotopic (exact) mass is 1450 g/mol. The molecule has 0 aromatic rings. The zero-order valence-electron chi connectivity index (χ0n) is 64.1. The van der Waals surface area contributed by atoms with E-state index in [1.807, 2.05) is 0 Å². The number of allylic oxidation sites excluding steroid dienone is 4. The van der Waals surface area contributed by atoms with Gasteiger partial charge in [0.15, 0.2) is 12.2 Å². The first kappa shape index (κ1) is 96.5. The van der Waals surface area contributed by atoms with Crippen LogP contribution in [0.15, 0.2) is 24.3 Å². The van der Waals surface area contributed by atoms with Gasteiger partial charge in [0.1, 0.15) is 19.3 Å². The number of hydrogen-bond acceptors (Lipinski definition) is 15. The Morgan fingerprint density at radius 3 is 0.828 bits per heavy atom. The van der Waals surface area contributed by atoms with Crippen molar-refractivity contribution in [1.29, 1.82) is 0 Å². The Hall–Kier alpha value is -2.46. The van der Waals surface area contributed by atoms with Crippen molar-refractivity contribution in [3.05, 3.63) is 24.3 Å². The van der Waals surface area contributed by atoms with Gasteiger partial charge < -0.3 is 33.8 Å². The maximum atomic E-state index is 13.1. The molecule has 0 rings (SSSR count). The summed E-state index contributed by atoms with van der Waals surface area (Å²) in [6.07, 6.45) is 66.3. The third-order valence-corrected chi connectivity index (χ3v) is 20.1. The second-order valence-corrected chi connectivity index (χ2v) is 31.5. The van der Waals surface area contributed by atoms with Gasteiger partial charge >= 0.3 is 39.5 Å². The minimum Gasteiger partial charge on any atom is -0.462 e. The Morgan fingerprint density at radius 1 is 0.313 bits per heavy atom. The first-order valence-corrected chi connectivity index (χ1v) is 43.9. The number of phosphoric acid groups is 2. The molecule has 0 aliphatic carbocycles. The molecule has 0 saturated heterocycles. The number of carbonyl (C=O) groups is 4.